The predicted molar refractivity (Wildman–Crippen MR) is 122 cm³/mol. The Hall–Kier alpha value is -3.95. The smallest absolute Gasteiger partial charge is 0.324 e. The van der Waals surface area contributed by atoms with Crippen LogP contribution in [0.5, 0.6) is 0 Å². The van der Waals surface area contributed by atoms with Crippen molar-refractivity contribution in [3.63, 3.8) is 0 Å². The zero-order valence-corrected chi connectivity index (χ0v) is 18.7. The molecule has 0 spiro atoms. The van der Waals surface area contributed by atoms with Gasteiger partial charge in [0.2, 0.25) is 5.91 Å². The van der Waals surface area contributed by atoms with Gasteiger partial charge in [-0.3, -0.25) is 4.79 Å². The van der Waals surface area contributed by atoms with Gasteiger partial charge in [0, 0.05) is 23.0 Å². The third kappa shape index (κ3) is 4.70. The van der Waals surface area contributed by atoms with Gasteiger partial charge in [-0.1, -0.05) is 38.1 Å². The van der Waals surface area contributed by atoms with Crippen molar-refractivity contribution in [1.29, 1.82) is 0 Å². The molecule has 10 heteroatoms. The molecule has 0 bridgehead atoms. The van der Waals surface area contributed by atoms with Gasteiger partial charge in [-0.25, -0.2) is 18.9 Å². The molecule has 4 aromatic rings. The highest BCUT2D eigenvalue weighted by Crippen LogP contribution is 2.30. The summed E-state index contributed by atoms with van der Waals surface area (Å²) in [6.45, 7) is 5.49. The largest absolute Gasteiger partial charge is 0.416 e. The Morgan fingerprint density at radius 1 is 1.06 bits per heavy atom. The van der Waals surface area contributed by atoms with Gasteiger partial charge in [0.1, 0.15) is 12.4 Å². The number of halogens is 3. The van der Waals surface area contributed by atoms with E-state index in [2.05, 4.69) is 29.2 Å². The van der Waals surface area contributed by atoms with E-state index in [0.717, 1.165) is 22.4 Å². The number of hydrogen-bond donors (Lipinski definition) is 1. The van der Waals surface area contributed by atoms with Crippen LogP contribution in [0.25, 0.3) is 17.0 Å². The fourth-order valence-electron chi connectivity index (χ4n) is 3.55. The van der Waals surface area contributed by atoms with E-state index in [9.17, 15) is 22.8 Å². The highest BCUT2D eigenvalue weighted by Gasteiger charge is 2.30. The molecule has 2 aromatic heterocycles. The molecule has 0 saturated carbocycles. The Morgan fingerprint density at radius 3 is 2.29 bits per heavy atom. The quantitative estimate of drug-likeness (QED) is 0.462. The van der Waals surface area contributed by atoms with Crippen molar-refractivity contribution >= 4 is 17.2 Å². The molecule has 1 N–H and O–H groups in total. The van der Waals surface area contributed by atoms with E-state index >= 15 is 0 Å². The summed E-state index contributed by atoms with van der Waals surface area (Å²) in [6.07, 6.45) is -4.47. The molecule has 2 aromatic carbocycles. The Bertz CT molecular complexity index is 1400. The molecule has 0 unspecified atom stereocenters. The molecule has 0 aliphatic carbocycles. The van der Waals surface area contributed by atoms with Gasteiger partial charge in [-0.05, 0) is 42.7 Å². The van der Waals surface area contributed by atoms with E-state index in [1.54, 1.807) is 25.1 Å². The van der Waals surface area contributed by atoms with E-state index in [1.807, 2.05) is 12.1 Å². The minimum atomic E-state index is -4.47. The van der Waals surface area contributed by atoms with Crippen LogP contribution in [-0.4, -0.2) is 25.1 Å². The first-order valence-corrected chi connectivity index (χ1v) is 10.6. The maximum Gasteiger partial charge on any atom is 0.416 e. The summed E-state index contributed by atoms with van der Waals surface area (Å²) >= 11 is 0. The normalized spacial score (nSPS) is 11.9. The summed E-state index contributed by atoms with van der Waals surface area (Å²) < 4.78 is 40.9. The van der Waals surface area contributed by atoms with Crippen LogP contribution >= 0.6 is 0 Å². The van der Waals surface area contributed by atoms with Crippen LogP contribution in [0.4, 0.5) is 18.9 Å². The number of aromatic nitrogens is 4. The van der Waals surface area contributed by atoms with E-state index in [4.69, 9.17) is 0 Å². The van der Waals surface area contributed by atoms with Crippen molar-refractivity contribution in [1.82, 2.24) is 19.2 Å². The minimum absolute atomic E-state index is 0.143. The predicted octanol–water partition coefficient (Wildman–Crippen LogP) is 4.65. The van der Waals surface area contributed by atoms with Crippen molar-refractivity contribution in [2.75, 3.05) is 5.32 Å². The van der Waals surface area contributed by atoms with Crippen LogP contribution in [0.15, 0.2) is 59.4 Å². The number of alkyl halides is 3. The molecular formula is C24H22F3N5O2. The number of benzene rings is 2. The number of carbonyl (C=O) groups is 1. The molecule has 7 nitrogen and oxygen atoms in total. The average molecular weight is 469 g/mol. The second-order valence-electron chi connectivity index (χ2n) is 8.25. The Morgan fingerprint density at radius 2 is 1.71 bits per heavy atom. The number of nitrogens with one attached hydrogen (secondary N) is 1. The number of nitrogens with zero attached hydrogens (tertiary/aromatic N) is 4. The molecule has 0 fully saturated rings. The van der Waals surface area contributed by atoms with E-state index in [0.29, 0.717) is 22.9 Å². The number of carbonyl (C=O) groups excluding carboxylic acids is 1. The van der Waals surface area contributed by atoms with Crippen LogP contribution < -0.4 is 11.0 Å². The number of amides is 1. The fourth-order valence-corrected chi connectivity index (χ4v) is 3.55. The van der Waals surface area contributed by atoms with Crippen molar-refractivity contribution in [3.8, 4) is 11.4 Å². The second kappa shape index (κ2) is 8.77. The molecule has 0 atom stereocenters. The van der Waals surface area contributed by atoms with Gasteiger partial charge in [0.15, 0.2) is 5.65 Å². The lowest BCUT2D eigenvalue weighted by Crippen LogP contribution is -2.28. The number of aryl methyl sites for hydroxylation is 1. The fraction of sp³-hybridized carbons (Fsp3) is 0.250. The second-order valence-corrected chi connectivity index (χ2v) is 8.25. The van der Waals surface area contributed by atoms with Crippen molar-refractivity contribution in [3.05, 3.63) is 81.9 Å². The van der Waals surface area contributed by atoms with Crippen LogP contribution in [0.1, 0.15) is 36.6 Å². The third-order valence-corrected chi connectivity index (χ3v) is 5.32. The molecular weight excluding hydrogens is 447 g/mol. The van der Waals surface area contributed by atoms with E-state index in [-0.39, 0.29) is 18.0 Å². The zero-order valence-electron chi connectivity index (χ0n) is 18.7. The van der Waals surface area contributed by atoms with Crippen LogP contribution in [0.3, 0.4) is 0 Å². The molecule has 1 amide bonds. The van der Waals surface area contributed by atoms with Gasteiger partial charge < -0.3 is 5.32 Å². The first kappa shape index (κ1) is 23.2. The standard InChI is InChI=1S/C24H22F3N5O2/c1-14(2)16-6-10-19(11-7-16)29-21(33)13-31-23(34)32-20(30-31)12-15(3)28-22(32)17-4-8-18(9-5-17)24(25,26)27/h4-12,14H,13H2,1-3H3,(H,29,33). The minimum Gasteiger partial charge on any atom is -0.324 e. The summed E-state index contributed by atoms with van der Waals surface area (Å²) in [5.41, 5.74) is 1.38. The molecule has 0 aliphatic rings. The Labute approximate surface area is 192 Å². The van der Waals surface area contributed by atoms with Gasteiger partial charge in [-0.2, -0.15) is 13.2 Å². The number of anilines is 1. The summed E-state index contributed by atoms with van der Waals surface area (Å²) in [5.74, 6) is 0.0606. The maximum atomic E-state index is 13.0. The topological polar surface area (TPSA) is 81.3 Å². The van der Waals surface area contributed by atoms with Crippen molar-refractivity contribution in [2.24, 2.45) is 0 Å². The number of rotatable bonds is 5. The van der Waals surface area contributed by atoms with Gasteiger partial charge in [0.25, 0.3) is 0 Å². The lowest BCUT2D eigenvalue weighted by molar-refractivity contribution is -0.137. The molecule has 0 saturated heterocycles. The van der Waals surface area contributed by atoms with Gasteiger partial charge in [0.05, 0.1) is 5.56 Å². The monoisotopic (exact) mass is 469 g/mol. The summed E-state index contributed by atoms with van der Waals surface area (Å²) in [5, 5.41) is 6.96. The molecule has 2 heterocycles. The Balaban J connectivity index is 1.63. The first-order chi connectivity index (χ1) is 16.0. The lowest BCUT2D eigenvalue weighted by atomic mass is 10.0. The van der Waals surface area contributed by atoms with Crippen molar-refractivity contribution < 1.29 is 18.0 Å². The summed E-state index contributed by atoms with van der Waals surface area (Å²) in [4.78, 5) is 29.9. The van der Waals surface area contributed by atoms with E-state index < -0.39 is 23.3 Å². The average Bonchev–Trinajstić information content (AvgIpc) is 3.07. The van der Waals surface area contributed by atoms with Crippen molar-refractivity contribution in [2.45, 2.75) is 39.4 Å². The summed E-state index contributed by atoms with van der Waals surface area (Å²) in [6, 6.07) is 13.3. The lowest BCUT2D eigenvalue weighted by Gasteiger charge is -2.09. The van der Waals surface area contributed by atoms with Crippen LogP contribution in [-0.2, 0) is 17.5 Å². The Kier molecular flexibility index (Phi) is 5.99. The maximum absolute atomic E-state index is 13.0. The molecule has 0 aliphatic heterocycles. The van der Waals surface area contributed by atoms with E-state index in [1.165, 1.54) is 16.5 Å². The molecule has 34 heavy (non-hydrogen) atoms. The highest BCUT2D eigenvalue weighted by molar-refractivity contribution is 5.90. The van der Waals surface area contributed by atoms with Crippen LogP contribution in [0.2, 0.25) is 0 Å². The zero-order chi connectivity index (χ0) is 24.6. The SMILES string of the molecule is Cc1cc2nn(CC(=O)Nc3ccc(C(C)C)cc3)c(=O)n2c(-c2ccc(C(F)(F)F)cc2)n1. The molecule has 176 valence electrons. The summed E-state index contributed by atoms with van der Waals surface area (Å²) in [7, 11) is 0. The first-order valence-electron chi connectivity index (χ1n) is 10.6. The third-order valence-electron chi connectivity index (χ3n) is 5.32. The van der Waals surface area contributed by atoms with Gasteiger partial charge in [-0.15, -0.1) is 5.10 Å². The molecule has 0 radical (unpaired) electrons. The highest BCUT2D eigenvalue weighted by atomic mass is 19.4. The number of hydrogen-bond acceptors (Lipinski definition) is 4. The van der Waals surface area contributed by atoms with Gasteiger partial charge >= 0.3 is 11.9 Å². The number of fused-ring (bicyclic) bond motifs is 1. The molecule has 4 rings (SSSR count). The van der Waals surface area contributed by atoms with Crippen LogP contribution in [0, 0.1) is 6.92 Å².